The summed E-state index contributed by atoms with van der Waals surface area (Å²) in [6, 6.07) is 0. The number of carbonyl (C=O) groups is 2. The second-order valence-electron chi connectivity index (χ2n) is 4.00. The third-order valence-electron chi connectivity index (χ3n) is 1.92. The second-order valence-corrected chi connectivity index (χ2v) is 4.00. The van der Waals surface area contributed by atoms with Crippen molar-refractivity contribution in [3.8, 4) is 0 Å². The van der Waals surface area contributed by atoms with Gasteiger partial charge in [0.1, 0.15) is 12.7 Å². The predicted octanol–water partition coefficient (Wildman–Crippen LogP) is 1.69. The minimum absolute atomic E-state index is 0.203. The Bertz CT molecular complexity index is 239. The van der Waals surface area contributed by atoms with Crippen LogP contribution in [0, 0.1) is 0 Å². The average Bonchev–Trinajstić information content (AvgIpc) is 2.23. The van der Waals surface area contributed by atoms with E-state index in [9.17, 15) is 9.59 Å². The van der Waals surface area contributed by atoms with Gasteiger partial charge in [-0.25, -0.2) is 0 Å². The Morgan fingerprint density at radius 2 is 1.76 bits per heavy atom. The first-order valence-corrected chi connectivity index (χ1v) is 5.90. The van der Waals surface area contributed by atoms with E-state index in [0.717, 1.165) is 6.42 Å². The number of esters is 2. The lowest BCUT2D eigenvalue weighted by atomic mass is 10.3. The van der Waals surface area contributed by atoms with Crippen LogP contribution in [0.2, 0.25) is 0 Å². The predicted molar refractivity (Wildman–Crippen MR) is 62.5 cm³/mol. The molecule has 0 fully saturated rings. The fraction of sp³-hybridized carbons (Fsp3) is 0.833. The van der Waals surface area contributed by atoms with Crippen molar-refractivity contribution in [2.24, 2.45) is 0 Å². The van der Waals surface area contributed by atoms with Gasteiger partial charge in [0.05, 0.1) is 12.7 Å². The quantitative estimate of drug-likeness (QED) is 0.610. The Balaban J connectivity index is 3.64. The summed E-state index contributed by atoms with van der Waals surface area (Å²) in [4.78, 5) is 21.7. The molecule has 0 amide bonds. The SMILES string of the molecule is CCCC(=O)OC(C)COC(C)COC(C)=O. The second kappa shape index (κ2) is 8.98. The van der Waals surface area contributed by atoms with Gasteiger partial charge in [-0.05, 0) is 20.3 Å². The van der Waals surface area contributed by atoms with E-state index >= 15 is 0 Å². The number of carbonyl (C=O) groups excluding carboxylic acids is 2. The Kier molecular flexibility index (Phi) is 8.40. The molecule has 0 saturated heterocycles. The minimum Gasteiger partial charge on any atom is -0.463 e. The van der Waals surface area contributed by atoms with E-state index in [2.05, 4.69) is 0 Å². The molecule has 0 aliphatic heterocycles. The van der Waals surface area contributed by atoms with E-state index in [1.54, 1.807) is 13.8 Å². The smallest absolute Gasteiger partial charge is 0.306 e. The highest BCUT2D eigenvalue weighted by atomic mass is 16.6. The molecule has 0 N–H and O–H groups in total. The molecular weight excluding hydrogens is 224 g/mol. The van der Waals surface area contributed by atoms with Crippen LogP contribution >= 0.6 is 0 Å². The van der Waals surface area contributed by atoms with Gasteiger partial charge >= 0.3 is 11.9 Å². The molecule has 0 radical (unpaired) electrons. The summed E-state index contributed by atoms with van der Waals surface area (Å²) in [6.07, 6.45) is 0.711. The highest BCUT2D eigenvalue weighted by Crippen LogP contribution is 2.01. The number of hydrogen-bond acceptors (Lipinski definition) is 5. The van der Waals surface area contributed by atoms with Crippen LogP contribution in [0.25, 0.3) is 0 Å². The van der Waals surface area contributed by atoms with Crippen molar-refractivity contribution >= 4 is 11.9 Å². The largest absolute Gasteiger partial charge is 0.463 e. The third-order valence-corrected chi connectivity index (χ3v) is 1.92. The maximum atomic E-state index is 11.2. The molecule has 0 bridgehead atoms. The van der Waals surface area contributed by atoms with Gasteiger partial charge in [0, 0.05) is 13.3 Å². The van der Waals surface area contributed by atoms with Crippen molar-refractivity contribution in [3.63, 3.8) is 0 Å². The van der Waals surface area contributed by atoms with Gasteiger partial charge in [-0.3, -0.25) is 9.59 Å². The van der Waals surface area contributed by atoms with Crippen LogP contribution in [0.5, 0.6) is 0 Å². The number of rotatable bonds is 8. The molecule has 0 aromatic carbocycles. The van der Waals surface area contributed by atoms with E-state index in [0.29, 0.717) is 13.0 Å². The fourth-order valence-electron chi connectivity index (χ4n) is 1.10. The summed E-state index contributed by atoms with van der Waals surface area (Å²) in [7, 11) is 0. The molecule has 2 atom stereocenters. The molecule has 0 aliphatic carbocycles. The summed E-state index contributed by atoms with van der Waals surface area (Å²) < 4.78 is 15.3. The Morgan fingerprint density at radius 1 is 1.12 bits per heavy atom. The zero-order valence-electron chi connectivity index (χ0n) is 11.0. The monoisotopic (exact) mass is 246 g/mol. The number of hydrogen-bond donors (Lipinski definition) is 0. The molecule has 5 heteroatoms. The summed E-state index contributed by atoms with van der Waals surface area (Å²) in [6.45, 7) is 7.35. The minimum atomic E-state index is -0.331. The van der Waals surface area contributed by atoms with E-state index in [-0.39, 0.29) is 30.8 Å². The summed E-state index contributed by atoms with van der Waals surface area (Å²) in [5, 5.41) is 0. The zero-order valence-corrected chi connectivity index (χ0v) is 11.0. The van der Waals surface area contributed by atoms with Gasteiger partial charge in [0.15, 0.2) is 0 Å². The van der Waals surface area contributed by atoms with Gasteiger partial charge < -0.3 is 14.2 Å². The Labute approximate surface area is 102 Å². The first-order chi connectivity index (χ1) is 7.95. The van der Waals surface area contributed by atoms with E-state index < -0.39 is 0 Å². The molecule has 2 unspecified atom stereocenters. The number of ether oxygens (including phenoxy) is 3. The molecule has 17 heavy (non-hydrogen) atoms. The van der Waals surface area contributed by atoms with Crippen molar-refractivity contribution in [1.29, 1.82) is 0 Å². The maximum Gasteiger partial charge on any atom is 0.306 e. The van der Waals surface area contributed by atoms with Crippen molar-refractivity contribution < 1.29 is 23.8 Å². The lowest BCUT2D eigenvalue weighted by Gasteiger charge is -2.17. The summed E-state index contributed by atoms with van der Waals surface area (Å²) in [5.74, 6) is -0.542. The first-order valence-electron chi connectivity index (χ1n) is 5.90. The molecule has 0 spiro atoms. The van der Waals surface area contributed by atoms with Crippen molar-refractivity contribution in [2.75, 3.05) is 13.2 Å². The lowest BCUT2D eigenvalue weighted by Crippen LogP contribution is -2.25. The van der Waals surface area contributed by atoms with Crippen LogP contribution in [-0.2, 0) is 23.8 Å². The lowest BCUT2D eigenvalue weighted by molar-refractivity contribution is -0.153. The fourth-order valence-corrected chi connectivity index (χ4v) is 1.10. The van der Waals surface area contributed by atoms with Crippen LogP contribution in [-0.4, -0.2) is 37.4 Å². The first kappa shape index (κ1) is 15.9. The van der Waals surface area contributed by atoms with E-state index in [1.165, 1.54) is 6.92 Å². The van der Waals surface area contributed by atoms with Crippen molar-refractivity contribution in [3.05, 3.63) is 0 Å². The van der Waals surface area contributed by atoms with Crippen LogP contribution in [0.15, 0.2) is 0 Å². The molecular formula is C12H22O5. The Hall–Kier alpha value is -1.10. The van der Waals surface area contributed by atoms with Gasteiger partial charge in [0.2, 0.25) is 0 Å². The maximum absolute atomic E-state index is 11.2. The molecule has 5 nitrogen and oxygen atoms in total. The summed E-state index contributed by atoms with van der Waals surface area (Å²) in [5.41, 5.74) is 0. The van der Waals surface area contributed by atoms with Crippen LogP contribution in [0.3, 0.4) is 0 Å². The van der Waals surface area contributed by atoms with E-state index in [1.807, 2.05) is 6.92 Å². The van der Waals surface area contributed by atoms with Gasteiger partial charge in [-0.2, -0.15) is 0 Å². The molecule has 0 aromatic rings. The van der Waals surface area contributed by atoms with E-state index in [4.69, 9.17) is 14.2 Å². The third kappa shape index (κ3) is 9.81. The molecule has 100 valence electrons. The normalized spacial score (nSPS) is 13.9. The highest BCUT2D eigenvalue weighted by Gasteiger charge is 2.11. The van der Waals surface area contributed by atoms with Gasteiger partial charge in [-0.15, -0.1) is 0 Å². The topological polar surface area (TPSA) is 61.8 Å². The van der Waals surface area contributed by atoms with Gasteiger partial charge in [-0.1, -0.05) is 6.92 Å². The molecule has 0 aliphatic rings. The Morgan fingerprint density at radius 3 is 2.29 bits per heavy atom. The van der Waals surface area contributed by atoms with Crippen molar-refractivity contribution in [1.82, 2.24) is 0 Å². The van der Waals surface area contributed by atoms with Crippen LogP contribution < -0.4 is 0 Å². The van der Waals surface area contributed by atoms with Crippen LogP contribution in [0.1, 0.15) is 40.5 Å². The summed E-state index contributed by atoms with van der Waals surface area (Å²) >= 11 is 0. The molecule has 0 saturated carbocycles. The van der Waals surface area contributed by atoms with Gasteiger partial charge in [0.25, 0.3) is 0 Å². The molecule has 0 rings (SSSR count). The standard InChI is InChI=1S/C12H22O5/c1-5-6-12(14)17-10(3)8-15-9(2)7-16-11(4)13/h9-10H,5-8H2,1-4H3. The van der Waals surface area contributed by atoms with Crippen LogP contribution in [0.4, 0.5) is 0 Å². The molecule has 0 heterocycles. The highest BCUT2D eigenvalue weighted by molar-refractivity contribution is 5.69. The average molecular weight is 246 g/mol. The van der Waals surface area contributed by atoms with Crippen molar-refractivity contribution in [2.45, 2.75) is 52.7 Å². The zero-order chi connectivity index (χ0) is 13.3. The molecule has 0 aromatic heterocycles.